The first kappa shape index (κ1) is 12.1. The Morgan fingerprint density at radius 3 is 1.67 bits per heavy atom. The molecule has 0 saturated carbocycles. The first-order valence-electron chi connectivity index (χ1n) is 3.72. The smallest absolute Gasteiger partial charge is 0.0607 e. The van der Waals surface area contributed by atoms with E-state index in [0.717, 1.165) is 5.56 Å². The minimum absolute atomic E-state index is 0.497. The second-order valence-electron chi connectivity index (χ2n) is 2.02. The highest BCUT2D eigenvalue weighted by Crippen LogP contribution is 2.27. The number of benzene rings is 1. The van der Waals surface area contributed by atoms with E-state index in [0.29, 0.717) is 15.1 Å². The molecule has 0 bridgehead atoms. The van der Waals surface area contributed by atoms with Crippen LogP contribution in [0.1, 0.15) is 19.4 Å². The Morgan fingerprint density at radius 2 is 1.25 bits per heavy atom. The fourth-order valence-electron chi connectivity index (χ4n) is 0.622. The Morgan fingerprint density at radius 1 is 0.833 bits per heavy atom. The second kappa shape index (κ2) is 5.69. The fourth-order valence-corrected chi connectivity index (χ4v) is 1.22. The summed E-state index contributed by atoms with van der Waals surface area (Å²) < 4.78 is 0. The molecule has 0 spiro atoms. The summed E-state index contributed by atoms with van der Waals surface area (Å²) in [5.41, 5.74) is 0.941. The third kappa shape index (κ3) is 3.22. The minimum atomic E-state index is 0.497. The van der Waals surface area contributed by atoms with Crippen LogP contribution in [0.2, 0.25) is 15.1 Å². The lowest BCUT2D eigenvalue weighted by atomic mass is 10.2. The molecule has 1 aromatic carbocycles. The molecule has 3 heteroatoms. The van der Waals surface area contributed by atoms with Crippen LogP contribution in [0.15, 0.2) is 12.1 Å². The van der Waals surface area contributed by atoms with Gasteiger partial charge >= 0.3 is 0 Å². The third-order valence-corrected chi connectivity index (χ3v) is 2.33. The van der Waals surface area contributed by atoms with Gasteiger partial charge in [-0.05, 0) is 24.6 Å². The first-order valence-corrected chi connectivity index (χ1v) is 4.86. The molecule has 68 valence electrons. The van der Waals surface area contributed by atoms with E-state index in [1.165, 1.54) is 0 Å². The molecule has 0 aromatic heterocycles. The fraction of sp³-hybridized carbons (Fsp3) is 0.333. The number of rotatable bonds is 0. The van der Waals surface area contributed by atoms with Crippen molar-refractivity contribution in [3.8, 4) is 0 Å². The maximum absolute atomic E-state index is 5.74. The number of halogens is 3. The summed E-state index contributed by atoms with van der Waals surface area (Å²) in [7, 11) is 0. The van der Waals surface area contributed by atoms with E-state index in [2.05, 4.69) is 0 Å². The van der Waals surface area contributed by atoms with Crippen LogP contribution in [0.25, 0.3) is 0 Å². The van der Waals surface area contributed by atoms with Crippen LogP contribution in [-0.4, -0.2) is 0 Å². The highest BCUT2D eigenvalue weighted by molar-refractivity contribution is 6.43. The van der Waals surface area contributed by atoms with E-state index >= 15 is 0 Å². The molecule has 0 fully saturated rings. The van der Waals surface area contributed by atoms with Gasteiger partial charge in [-0.2, -0.15) is 0 Å². The molecule has 0 saturated heterocycles. The molecule has 0 amide bonds. The van der Waals surface area contributed by atoms with Crippen molar-refractivity contribution < 1.29 is 0 Å². The SMILES string of the molecule is CC.Cc1cc(Cl)c(Cl)cc1Cl. The van der Waals surface area contributed by atoms with Gasteiger partial charge in [0.15, 0.2) is 0 Å². The lowest BCUT2D eigenvalue weighted by molar-refractivity contribution is 1.47. The summed E-state index contributed by atoms with van der Waals surface area (Å²) in [5, 5.41) is 1.69. The van der Waals surface area contributed by atoms with Crippen molar-refractivity contribution in [1.29, 1.82) is 0 Å². The lowest BCUT2D eigenvalue weighted by Crippen LogP contribution is -1.75. The number of hydrogen-bond acceptors (Lipinski definition) is 0. The molecule has 12 heavy (non-hydrogen) atoms. The average Bonchev–Trinajstić information content (AvgIpc) is 2.05. The zero-order chi connectivity index (χ0) is 9.72. The monoisotopic (exact) mass is 224 g/mol. The molecule has 0 radical (unpaired) electrons. The van der Waals surface area contributed by atoms with Gasteiger partial charge in [-0.15, -0.1) is 0 Å². The van der Waals surface area contributed by atoms with Crippen LogP contribution in [-0.2, 0) is 0 Å². The summed E-state index contributed by atoms with van der Waals surface area (Å²) in [6.45, 7) is 5.88. The Bertz CT molecular complexity index is 206. The summed E-state index contributed by atoms with van der Waals surface area (Å²) in [5.74, 6) is 0. The predicted octanol–water partition coefficient (Wildman–Crippen LogP) is 4.98. The molecule has 0 unspecified atom stereocenters. The van der Waals surface area contributed by atoms with E-state index in [4.69, 9.17) is 34.8 Å². The van der Waals surface area contributed by atoms with Crippen LogP contribution in [0, 0.1) is 6.92 Å². The van der Waals surface area contributed by atoms with E-state index < -0.39 is 0 Å². The quantitative estimate of drug-likeness (QED) is 0.546. The first-order chi connectivity index (χ1) is 5.61. The average molecular weight is 226 g/mol. The van der Waals surface area contributed by atoms with Gasteiger partial charge in [-0.25, -0.2) is 0 Å². The highest BCUT2D eigenvalue weighted by atomic mass is 35.5. The Hall–Kier alpha value is 0.0900. The van der Waals surface area contributed by atoms with Gasteiger partial charge < -0.3 is 0 Å². The number of hydrogen-bond donors (Lipinski definition) is 0. The van der Waals surface area contributed by atoms with Crippen molar-refractivity contribution in [3.63, 3.8) is 0 Å². The van der Waals surface area contributed by atoms with Gasteiger partial charge in [0.1, 0.15) is 0 Å². The van der Waals surface area contributed by atoms with Crippen molar-refractivity contribution in [2.75, 3.05) is 0 Å². The Kier molecular flexibility index (Phi) is 5.73. The van der Waals surface area contributed by atoms with Crippen molar-refractivity contribution in [1.82, 2.24) is 0 Å². The van der Waals surface area contributed by atoms with Crippen LogP contribution in [0.3, 0.4) is 0 Å². The molecule has 0 nitrogen and oxygen atoms in total. The van der Waals surface area contributed by atoms with Crippen molar-refractivity contribution in [2.24, 2.45) is 0 Å². The topological polar surface area (TPSA) is 0 Å². The molecular weight excluding hydrogens is 214 g/mol. The summed E-state index contributed by atoms with van der Waals surface area (Å²) in [6.07, 6.45) is 0. The van der Waals surface area contributed by atoms with Crippen LogP contribution in [0.5, 0.6) is 0 Å². The van der Waals surface area contributed by atoms with Gasteiger partial charge in [0.25, 0.3) is 0 Å². The minimum Gasteiger partial charge on any atom is -0.0840 e. The van der Waals surface area contributed by atoms with Gasteiger partial charge in [-0.1, -0.05) is 48.7 Å². The standard InChI is InChI=1S/C7H5Cl3.C2H6/c1-4-2-6(9)7(10)3-5(4)8;1-2/h2-3H,1H3;1-2H3. The van der Waals surface area contributed by atoms with E-state index in [-0.39, 0.29) is 0 Å². The van der Waals surface area contributed by atoms with E-state index in [1.54, 1.807) is 12.1 Å². The zero-order valence-electron chi connectivity index (χ0n) is 7.29. The normalized spacial score (nSPS) is 8.83. The Labute approximate surface area is 88.4 Å². The van der Waals surface area contributed by atoms with Crippen LogP contribution >= 0.6 is 34.8 Å². The van der Waals surface area contributed by atoms with E-state index in [1.807, 2.05) is 20.8 Å². The molecule has 0 N–H and O–H groups in total. The molecule has 0 aliphatic carbocycles. The van der Waals surface area contributed by atoms with E-state index in [9.17, 15) is 0 Å². The molecular formula is C9H11Cl3. The maximum Gasteiger partial charge on any atom is 0.0607 e. The molecule has 0 atom stereocenters. The third-order valence-electron chi connectivity index (χ3n) is 1.20. The van der Waals surface area contributed by atoms with Crippen molar-refractivity contribution in [2.45, 2.75) is 20.8 Å². The van der Waals surface area contributed by atoms with Crippen LogP contribution < -0.4 is 0 Å². The van der Waals surface area contributed by atoms with Gasteiger partial charge in [0.2, 0.25) is 0 Å². The predicted molar refractivity (Wildman–Crippen MR) is 57.6 cm³/mol. The summed E-state index contributed by atoms with van der Waals surface area (Å²) >= 11 is 17.1. The lowest BCUT2D eigenvalue weighted by Gasteiger charge is -1.99. The van der Waals surface area contributed by atoms with Gasteiger partial charge in [0.05, 0.1) is 10.0 Å². The van der Waals surface area contributed by atoms with Crippen molar-refractivity contribution in [3.05, 3.63) is 32.8 Å². The van der Waals surface area contributed by atoms with Gasteiger partial charge in [0, 0.05) is 5.02 Å². The van der Waals surface area contributed by atoms with Gasteiger partial charge in [-0.3, -0.25) is 0 Å². The highest BCUT2D eigenvalue weighted by Gasteiger charge is 2.00. The molecule has 0 aliphatic rings. The Balaban J connectivity index is 0.000000561. The number of aryl methyl sites for hydroxylation is 1. The molecule has 1 aromatic rings. The second-order valence-corrected chi connectivity index (χ2v) is 3.24. The summed E-state index contributed by atoms with van der Waals surface area (Å²) in [4.78, 5) is 0. The maximum atomic E-state index is 5.74. The summed E-state index contributed by atoms with van der Waals surface area (Å²) in [6, 6.07) is 3.38. The zero-order valence-corrected chi connectivity index (χ0v) is 9.56. The molecule has 1 rings (SSSR count). The largest absolute Gasteiger partial charge is 0.0840 e. The molecule has 0 aliphatic heterocycles. The van der Waals surface area contributed by atoms with Crippen molar-refractivity contribution >= 4 is 34.8 Å². The van der Waals surface area contributed by atoms with Crippen LogP contribution in [0.4, 0.5) is 0 Å². The molecule has 0 heterocycles.